The van der Waals surface area contributed by atoms with E-state index in [4.69, 9.17) is 5.73 Å². The lowest BCUT2D eigenvalue weighted by Gasteiger charge is -2.08. The molecule has 0 fully saturated rings. The van der Waals surface area contributed by atoms with Crippen LogP contribution in [0.5, 0.6) is 0 Å². The lowest BCUT2D eigenvalue weighted by atomic mass is 10.1. The van der Waals surface area contributed by atoms with E-state index >= 15 is 0 Å². The summed E-state index contributed by atoms with van der Waals surface area (Å²) in [6.07, 6.45) is 0. The molecule has 94 valence electrons. The van der Waals surface area contributed by atoms with Crippen LogP contribution in [-0.2, 0) is 13.1 Å². The molecule has 0 amide bonds. The van der Waals surface area contributed by atoms with Crippen LogP contribution in [0.2, 0.25) is 0 Å². The number of hydrogen-bond acceptors (Lipinski definition) is 3. The summed E-state index contributed by atoms with van der Waals surface area (Å²) in [6.45, 7) is 2.65. The van der Waals surface area contributed by atoms with Gasteiger partial charge in [-0.1, -0.05) is 28.1 Å². The second kappa shape index (κ2) is 5.46. The number of aromatic nitrogens is 2. The van der Waals surface area contributed by atoms with Crippen molar-refractivity contribution in [2.75, 3.05) is 0 Å². The first kappa shape index (κ1) is 13.0. The number of nitrogens with zero attached hydrogens (tertiary/aromatic N) is 2. The van der Waals surface area contributed by atoms with Crippen molar-refractivity contribution >= 4 is 15.9 Å². The van der Waals surface area contributed by atoms with Crippen molar-refractivity contribution in [2.24, 2.45) is 5.73 Å². The standard InChI is InChI=1S/C13H14BrN3O/c1-2-17-13(18)10(8-15)7-12(16-17)9-3-5-11(14)6-4-9/h3-7H,2,8,15H2,1H3. The molecule has 0 atom stereocenters. The fourth-order valence-corrected chi connectivity index (χ4v) is 1.98. The Morgan fingerprint density at radius 1 is 1.33 bits per heavy atom. The Morgan fingerprint density at radius 3 is 2.56 bits per heavy atom. The molecule has 0 unspecified atom stereocenters. The molecule has 0 bridgehead atoms. The smallest absolute Gasteiger partial charge is 0.271 e. The first-order chi connectivity index (χ1) is 8.65. The lowest BCUT2D eigenvalue weighted by Crippen LogP contribution is -2.27. The first-order valence-corrected chi connectivity index (χ1v) is 6.52. The minimum absolute atomic E-state index is 0.110. The van der Waals surface area contributed by atoms with Crippen molar-refractivity contribution in [1.29, 1.82) is 0 Å². The fraction of sp³-hybridized carbons (Fsp3) is 0.231. The largest absolute Gasteiger partial charge is 0.326 e. The predicted molar refractivity (Wildman–Crippen MR) is 75.2 cm³/mol. The maximum Gasteiger partial charge on any atom is 0.271 e. The summed E-state index contributed by atoms with van der Waals surface area (Å²) >= 11 is 3.39. The van der Waals surface area contributed by atoms with Gasteiger partial charge in [-0.25, -0.2) is 4.68 Å². The number of hydrogen-bond donors (Lipinski definition) is 1. The normalized spacial score (nSPS) is 10.6. The van der Waals surface area contributed by atoms with Gasteiger partial charge < -0.3 is 5.73 Å². The first-order valence-electron chi connectivity index (χ1n) is 5.72. The zero-order valence-electron chi connectivity index (χ0n) is 10.1. The predicted octanol–water partition coefficient (Wildman–Crippen LogP) is 2.15. The van der Waals surface area contributed by atoms with Crippen molar-refractivity contribution in [3.8, 4) is 11.3 Å². The number of benzene rings is 1. The summed E-state index contributed by atoms with van der Waals surface area (Å²) in [4.78, 5) is 11.9. The van der Waals surface area contributed by atoms with E-state index in [0.717, 1.165) is 15.7 Å². The van der Waals surface area contributed by atoms with Crippen LogP contribution in [0, 0.1) is 0 Å². The van der Waals surface area contributed by atoms with E-state index in [9.17, 15) is 4.79 Å². The van der Waals surface area contributed by atoms with Gasteiger partial charge in [0.2, 0.25) is 0 Å². The maximum absolute atomic E-state index is 11.9. The van der Waals surface area contributed by atoms with Gasteiger partial charge in [-0.2, -0.15) is 5.10 Å². The highest BCUT2D eigenvalue weighted by Crippen LogP contribution is 2.19. The molecule has 0 spiro atoms. The molecule has 0 aliphatic heterocycles. The Morgan fingerprint density at radius 2 is 2.00 bits per heavy atom. The van der Waals surface area contributed by atoms with Gasteiger partial charge in [0.25, 0.3) is 5.56 Å². The third-order valence-electron chi connectivity index (χ3n) is 2.71. The van der Waals surface area contributed by atoms with Crippen LogP contribution in [-0.4, -0.2) is 9.78 Å². The Bertz CT molecular complexity index is 576. The van der Waals surface area contributed by atoms with Gasteiger partial charge in [-0.05, 0) is 25.1 Å². The van der Waals surface area contributed by atoms with Crippen LogP contribution >= 0.6 is 15.9 Å². The van der Waals surface area contributed by atoms with Crippen molar-refractivity contribution < 1.29 is 0 Å². The van der Waals surface area contributed by atoms with E-state index < -0.39 is 0 Å². The Kier molecular flexibility index (Phi) is 3.93. The van der Waals surface area contributed by atoms with Gasteiger partial charge in [-0.15, -0.1) is 0 Å². The Labute approximate surface area is 114 Å². The second-order valence-corrected chi connectivity index (χ2v) is 4.80. The van der Waals surface area contributed by atoms with Gasteiger partial charge in [0, 0.05) is 28.7 Å². The average molecular weight is 308 g/mol. The Balaban J connectivity index is 2.57. The van der Waals surface area contributed by atoms with Crippen molar-refractivity contribution in [3.63, 3.8) is 0 Å². The third-order valence-corrected chi connectivity index (χ3v) is 3.24. The SMILES string of the molecule is CCn1nc(-c2ccc(Br)cc2)cc(CN)c1=O. The summed E-state index contributed by atoms with van der Waals surface area (Å²) in [6, 6.07) is 9.56. The van der Waals surface area contributed by atoms with Gasteiger partial charge >= 0.3 is 0 Å². The molecule has 5 heteroatoms. The van der Waals surface area contributed by atoms with Gasteiger partial charge in [0.15, 0.2) is 0 Å². The molecule has 0 saturated heterocycles. The van der Waals surface area contributed by atoms with E-state index in [1.54, 1.807) is 6.07 Å². The van der Waals surface area contributed by atoms with Gasteiger partial charge in [0.05, 0.1) is 5.69 Å². The minimum atomic E-state index is -0.110. The summed E-state index contributed by atoms with van der Waals surface area (Å²) < 4.78 is 2.45. The summed E-state index contributed by atoms with van der Waals surface area (Å²) in [5.74, 6) is 0. The summed E-state index contributed by atoms with van der Waals surface area (Å²) in [7, 11) is 0. The molecule has 0 aliphatic rings. The van der Waals surface area contributed by atoms with Crippen LogP contribution in [0.25, 0.3) is 11.3 Å². The fourth-order valence-electron chi connectivity index (χ4n) is 1.72. The van der Waals surface area contributed by atoms with E-state index in [2.05, 4.69) is 21.0 Å². The maximum atomic E-state index is 11.9. The van der Waals surface area contributed by atoms with Crippen molar-refractivity contribution in [3.05, 3.63) is 50.7 Å². The molecule has 18 heavy (non-hydrogen) atoms. The quantitative estimate of drug-likeness (QED) is 0.945. The molecule has 1 heterocycles. The average Bonchev–Trinajstić information content (AvgIpc) is 2.40. The molecule has 2 N–H and O–H groups in total. The summed E-state index contributed by atoms with van der Waals surface area (Å²) in [5, 5.41) is 4.33. The van der Waals surface area contributed by atoms with Gasteiger partial charge in [0.1, 0.15) is 0 Å². The molecule has 1 aromatic carbocycles. The monoisotopic (exact) mass is 307 g/mol. The zero-order chi connectivity index (χ0) is 13.1. The van der Waals surface area contributed by atoms with Crippen LogP contribution in [0.3, 0.4) is 0 Å². The molecule has 2 aromatic rings. The molecule has 4 nitrogen and oxygen atoms in total. The van der Waals surface area contributed by atoms with E-state index in [-0.39, 0.29) is 12.1 Å². The number of rotatable bonds is 3. The zero-order valence-corrected chi connectivity index (χ0v) is 11.6. The van der Waals surface area contributed by atoms with E-state index in [1.165, 1.54) is 4.68 Å². The van der Waals surface area contributed by atoms with Crippen LogP contribution in [0.15, 0.2) is 39.6 Å². The molecule has 0 radical (unpaired) electrons. The minimum Gasteiger partial charge on any atom is -0.326 e. The van der Waals surface area contributed by atoms with Crippen molar-refractivity contribution in [1.82, 2.24) is 9.78 Å². The van der Waals surface area contributed by atoms with Crippen LogP contribution < -0.4 is 11.3 Å². The van der Waals surface area contributed by atoms with Crippen molar-refractivity contribution in [2.45, 2.75) is 20.0 Å². The number of halogens is 1. The van der Waals surface area contributed by atoms with E-state index in [1.807, 2.05) is 31.2 Å². The topological polar surface area (TPSA) is 60.9 Å². The van der Waals surface area contributed by atoms with Crippen LogP contribution in [0.4, 0.5) is 0 Å². The molecule has 0 aliphatic carbocycles. The summed E-state index contributed by atoms with van der Waals surface area (Å²) in [5.41, 5.74) is 7.81. The van der Waals surface area contributed by atoms with Gasteiger partial charge in [-0.3, -0.25) is 4.79 Å². The van der Waals surface area contributed by atoms with E-state index in [0.29, 0.717) is 12.1 Å². The molecule has 2 rings (SSSR count). The molecular formula is C13H14BrN3O. The number of nitrogens with two attached hydrogens (primary N) is 1. The molecule has 0 saturated carbocycles. The number of aryl methyl sites for hydroxylation is 1. The highest BCUT2D eigenvalue weighted by molar-refractivity contribution is 9.10. The third kappa shape index (κ3) is 2.52. The lowest BCUT2D eigenvalue weighted by molar-refractivity contribution is 0.610. The van der Waals surface area contributed by atoms with Crippen LogP contribution in [0.1, 0.15) is 12.5 Å². The highest BCUT2D eigenvalue weighted by Gasteiger charge is 2.07. The second-order valence-electron chi connectivity index (χ2n) is 3.89. The molecular weight excluding hydrogens is 294 g/mol. The Hall–Kier alpha value is -1.46. The highest BCUT2D eigenvalue weighted by atomic mass is 79.9. The molecule has 1 aromatic heterocycles.